The lowest BCUT2D eigenvalue weighted by Crippen LogP contribution is -2.32. The van der Waals surface area contributed by atoms with Crippen LogP contribution in [0.25, 0.3) is 0 Å². The lowest BCUT2D eigenvalue weighted by molar-refractivity contribution is -0.118. The molecule has 1 heterocycles. The van der Waals surface area contributed by atoms with Gasteiger partial charge >= 0.3 is 0 Å². The molecule has 0 fully saturated rings. The first-order valence-electron chi connectivity index (χ1n) is 6.82. The monoisotopic (exact) mass is 356 g/mol. The van der Waals surface area contributed by atoms with E-state index in [0.717, 1.165) is 4.47 Å². The number of carbonyl (C=O) groups excluding carboxylic acids is 2. The predicted octanol–water partition coefficient (Wildman–Crippen LogP) is 3.67. The number of anilines is 1. The van der Waals surface area contributed by atoms with E-state index in [1.54, 1.807) is 43.3 Å². The van der Waals surface area contributed by atoms with Gasteiger partial charge < -0.3 is 0 Å². The minimum Gasteiger partial charge on any atom is -0.293 e. The standard InChI is InChI=1S/C17H13BrN2O2/c1-11-15(16(21)12-7-9-13(18)10-8-12)17(22)20(19-11)14-5-3-2-4-6-14/h2-10,15H,1H3/t15-/m0/s1. The molecule has 0 spiro atoms. The number of rotatable bonds is 3. The van der Waals surface area contributed by atoms with Gasteiger partial charge in [-0.2, -0.15) is 10.1 Å². The van der Waals surface area contributed by atoms with Gasteiger partial charge in [0, 0.05) is 10.0 Å². The first kappa shape index (κ1) is 14.7. The third kappa shape index (κ3) is 2.60. The Hall–Kier alpha value is -2.27. The highest BCUT2D eigenvalue weighted by Gasteiger charge is 2.39. The third-order valence-electron chi connectivity index (χ3n) is 3.52. The molecule has 2 aromatic rings. The molecule has 0 saturated carbocycles. The van der Waals surface area contributed by atoms with Crippen molar-refractivity contribution in [2.24, 2.45) is 11.0 Å². The molecule has 1 amide bonds. The van der Waals surface area contributed by atoms with E-state index in [-0.39, 0.29) is 11.7 Å². The Bertz CT molecular complexity index is 754. The average molecular weight is 357 g/mol. The van der Waals surface area contributed by atoms with Crippen LogP contribution in [0.5, 0.6) is 0 Å². The van der Waals surface area contributed by atoms with Gasteiger partial charge in [-0.3, -0.25) is 9.59 Å². The van der Waals surface area contributed by atoms with Gasteiger partial charge in [0.15, 0.2) is 5.78 Å². The maximum absolute atomic E-state index is 12.6. The molecule has 2 aromatic carbocycles. The second-order valence-corrected chi connectivity index (χ2v) is 5.95. The number of Topliss-reactive ketones (excluding diaryl/α,β-unsaturated/α-hetero) is 1. The van der Waals surface area contributed by atoms with Crippen LogP contribution in [0.2, 0.25) is 0 Å². The van der Waals surface area contributed by atoms with Crippen molar-refractivity contribution in [3.05, 3.63) is 64.6 Å². The maximum atomic E-state index is 12.6. The molecule has 22 heavy (non-hydrogen) atoms. The number of ketones is 1. The van der Waals surface area contributed by atoms with Gasteiger partial charge in [-0.05, 0) is 31.2 Å². The fraction of sp³-hybridized carbons (Fsp3) is 0.118. The molecule has 0 aliphatic carbocycles. The number of hydrogen-bond acceptors (Lipinski definition) is 3. The van der Waals surface area contributed by atoms with Crippen LogP contribution in [0.15, 0.2) is 64.2 Å². The topological polar surface area (TPSA) is 49.7 Å². The van der Waals surface area contributed by atoms with Crippen LogP contribution in [0.1, 0.15) is 17.3 Å². The van der Waals surface area contributed by atoms with Gasteiger partial charge in [0.25, 0.3) is 5.91 Å². The zero-order valence-corrected chi connectivity index (χ0v) is 13.4. The molecule has 5 heteroatoms. The molecule has 0 N–H and O–H groups in total. The van der Waals surface area contributed by atoms with Crippen molar-refractivity contribution < 1.29 is 9.59 Å². The summed E-state index contributed by atoms with van der Waals surface area (Å²) in [7, 11) is 0. The second-order valence-electron chi connectivity index (χ2n) is 5.03. The number of carbonyl (C=O) groups is 2. The largest absolute Gasteiger partial charge is 0.293 e. The molecule has 1 aliphatic heterocycles. The van der Waals surface area contributed by atoms with E-state index in [0.29, 0.717) is 17.0 Å². The Kier molecular flexibility index (Phi) is 3.90. The minimum atomic E-state index is -0.846. The summed E-state index contributed by atoms with van der Waals surface area (Å²) >= 11 is 3.33. The van der Waals surface area contributed by atoms with Crippen molar-refractivity contribution in [3.63, 3.8) is 0 Å². The summed E-state index contributed by atoms with van der Waals surface area (Å²) in [6.07, 6.45) is 0. The van der Waals surface area contributed by atoms with E-state index >= 15 is 0 Å². The van der Waals surface area contributed by atoms with Crippen molar-refractivity contribution >= 4 is 39.0 Å². The van der Waals surface area contributed by atoms with Crippen molar-refractivity contribution in [1.82, 2.24) is 0 Å². The van der Waals surface area contributed by atoms with E-state index in [1.807, 2.05) is 18.2 Å². The molecule has 0 radical (unpaired) electrons. The number of hydrogen-bond donors (Lipinski definition) is 0. The zero-order valence-electron chi connectivity index (χ0n) is 11.9. The quantitative estimate of drug-likeness (QED) is 0.622. The minimum absolute atomic E-state index is 0.225. The van der Waals surface area contributed by atoms with Crippen molar-refractivity contribution in [1.29, 1.82) is 0 Å². The van der Waals surface area contributed by atoms with Crippen LogP contribution in [-0.2, 0) is 4.79 Å². The van der Waals surface area contributed by atoms with Crippen molar-refractivity contribution in [2.75, 3.05) is 5.01 Å². The number of hydrazone groups is 1. The molecule has 110 valence electrons. The molecule has 1 aliphatic rings. The van der Waals surface area contributed by atoms with Gasteiger partial charge in [0.05, 0.1) is 11.4 Å². The summed E-state index contributed by atoms with van der Waals surface area (Å²) in [4.78, 5) is 25.2. The van der Waals surface area contributed by atoms with Crippen LogP contribution >= 0.6 is 15.9 Å². The third-order valence-corrected chi connectivity index (χ3v) is 4.05. The first-order chi connectivity index (χ1) is 10.6. The SMILES string of the molecule is CC1=NN(c2ccccc2)C(=O)[C@@H]1C(=O)c1ccc(Br)cc1. The number of nitrogens with zero attached hydrogens (tertiary/aromatic N) is 2. The predicted molar refractivity (Wildman–Crippen MR) is 89.0 cm³/mol. The highest BCUT2D eigenvalue weighted by atomic mass is 79.9. The Morgan fingerprint density at radius 2 is 1.73 bits per heavy atom. The van der Waals surface area contributed by atoms with Crippen LogP contribution in [0, 0.1) is 5.92 Å². The number of benzene rings is 2. The fourth-order valence-electron chi connectivity index (χ4n) is 2.40. The highest BCUT2D eigenvalue weighted by molar-refractivity contribution is 9.10. The molecule has 0 aromatic heterocycles. The van der Waals surface area contributed by atoms with Gasteiger partial charge in [0.2, 0.25) is 0 Å². The Balaban J connectivity index is 1.90. The van der Waals surface area contributed by atoms with E-state index in [1.165, 1.54) is 5.01 Å². The van der Waals surface area contributed by atoms with E-state index in [2.05, 4.69) is 21.0 Å². The summed E-state index contributed by atoms with van der Waals surface area (Å²) in [5.41, 5.74) is 1.69. The van der Waals surface area contributed by atoms with Crippen LogP contribution < -0.4 is 5.01 Å². The number of halogens is 1. The van der Waals surface area contributed by atoms with Crippen LogP contribution in [-0.4, -0.2) is 17.4 Å². The zero-order chi connectivity index (χ0) is 15.7. The molecule has 4 nitrogen and oxygen atoms in total. The molecular formula is C17H13BrN2O2. The van der Waals surface area contributed by atoms with Crippen molar-refractivity contribution in [2.45, 2.75) is 6.92 Å². The normalized spacial score (nSPS) is 17.5. The van der Waals surface area contributed by atoms with Crippen LogP contribution in [0.3, 0.4) is 0 Å². The number of para-hydroxylation sites is 1. The first-order valence-corrected chi connectivity index (χ1v) is 7.61. The van der Waals surface area contributed by atoms with Crippen molar-refractivity contribution in [3.8, 4) is 0 Å². The van der Waals surface area contributed by atoms with E-state index in [9.17, 15) is 9.59 Å². The van der Waals surface area contributed by atoms with Gasteiger partial charge in [-0.15, -0.1) is 0 Å². The molecule has 0 saturated heterocycles. The fourth-order valence-corrected chi connectivity index (χ4v) is 2.67. The van der Waals surface area contributed by atoms with Gasteiger partial charge in [-0.25, -0.2) is 0 Å². The number of amides is 1. The summed E-state index contributed by atoms with van der Waals surface area (Å²) < 4.78 is 0.887. The van der Waals surface area contributed by atoms with Gasteiger partial charge in [0.1, 0.15) is 5.92 Å². The second kappa shape index (κ2) is 5.85. The molecule has 0 unspecified atom stereocenters. The van der Waals surface area contributed by atoms with Crippen LogP contribution in [0.4, 0.5) is 5.69 Å². The molecule has 1 atom stereocenters. The molecule has 0 bridgehead atoms. The summed E-state index contributed by atoms with van der Waals surface area (Å²) in [5, 5.41) is 5.56. The molecule has 3 rings (SSSR count). The maximum Gasteiger partial charge on any atom is 0.264 e. The Morgan fingerprint density at radius 1 is 1.09 bits per heavy atom. The smallest absolute Gasteiger partial charge is 0.264 e. The lowest BCUT2D eigenvalue weighted by Gasteiger charge is -2.13. The average Bonchev–Trinajstić information content (AvgIpc) is 2.83. The van der Waals surface area contributed by atoms with E-state index in [4.69, 9.17) is 0 Å². The highest BCUT2D eigenvalue weighted by Crippen LogP contribution is 2.26. The lowest BCUT2D eigenvalue weighted by atomic mass is 9.94. The Labute approximate surface area is 136 Å². The van der Waals surface area contributed by atoms with Gasteiger partial charge in [-0.1, -0.05) is 46.3 Å². The Morgan fingerprint density at radius 3 is 2.36 bits per heavy atom. The summed E-state index contributed by atoms with van der Waals surface area (Å²) in [5.74, 6) is -1.38. The molecular weight excluding hydrogens is 344 g/mol. The summed E-state index contributed by atoms with van der Waals surface area (Å²) in [6.45, 7) is 1.71. The van der Waals surface area contributed by atoms with E-state index < -0.39 is 5.92 Å². The summed E-state index contributed by atoms with van der Waals surface area (Å²) in [6, 6.07) is 16.1.